The zero-order valence-corrected chi connectivity index (χ0v) is 68.8. The van der Waals surface area contributed by atoms with E-state index in [2.05, 4.69) is 70.3 Å². The molecule has 118 heavy (non-hydrogen) atoms. The van der Waals surface area contributed by atoms with Gasteiger partial charge >= 0.3 is 12.1 Å². The molecular formula is C82H101N13O21S2. The number of ketones is 5. The number of aryl methyl sites for hydroxylation is 5. The number of nitrogens with zero attached hydrogens (tertiary/aromatic N) is 5. The lowest BCUT2D eigenvalue weighted by Gasteiger charge is -2.40. The maximum Gasteiger partial charge on any atom is 0.407 e. The van der Waals surface area contributed by atoms with E-state index in [0.29, 0.717) is 92.9 Å². The third kappa shape index (κ3) is 21.9. The maximum atomic E-state index is 14.7. The Labute approximate surface area is 686 Å². The molecule has 0 saturated carbocycles. The Morgan fingerprint density at radius 1 is 0.712 bits per heavy atom. The molecule has 5 aromatic heterocycles. The fourth-order valence-electron chi connectivity index (χ4n) is 15.4. The monoisotopic (exact) mass is 1670 g/mol. The van der Waals surface area contributed by atoms with Crippen molar-refractivity contribution >= 4 is 126 Å². The Bertz CT molecular complexity index is 5030. The fraction of sp³-hybridized carbons (Fsp3) is 0.512. The summed E-state index contributed by atoms with van der Waals surface area (Å²) >= 11 is 0. The van der Waals surface area contributed by atoms with Crippen LogP contribution < -0.4 is 32.1 Å². The molecule has 8 heterocycles. The van der Waals surface area contributed by atoms with Crippen molar-refractivity contribution in [3.63, 3.8) is 0 Å². The zero-order valence-electron chi connectivity index (χ0n) is 67.1. The molecule has 0 radical (unpaired) electrons. The van der Waals surface area contributed by atoms with Crippen LogP contribution in [0.1, 0.15) is 229 Å². The summed E-state index contributed by atoms with van der Waals surface area (Å²) in [6.07, 6.45) is -6.85. The molecule has 6 aromatic rings. The number of carbonyl (C=O) groups excluding carboxylic acids is 12. The van der Waals surface area contributed by atoms with Crippen molar-refractivity contribution < 1.29 is 96.9 Å². The molecule has 36 heteroatoms. The van der Waals surface area contributed by atoms with Gasteiger partial charge in [-0.25, -0.2) is 19.7 Å². The maximum absolute atomic E-state index is 14.7. The van der Waals surface area contributed by atoms with Gasteiger partial charge in [0.25, 0.3) is 12.0 Å². The highest BCUT2D eigenvalue weighted by Gasteiger charge is 2.47. The topological polar surface area (TPSA) is 512 Å². The summed E-state index contributed by atoms with van der Waals surface area (Å²) in [5.41, 5.74) is 8.60. The molecule has 13 atom stereocenters. The number of amides is 5. The average molecular weight is 1670 g/mol. The minimum Gasteiger partial charge on any atom is -0.468 e. The van der Waals surface area contributed by atoms with Crippen LogP contribution in [0.2, 0.25) is 0 Å². The highest BCUT2D eigenvalue weighted by atomic mass is 33.1. The molecule has 632 valence electrons. The first-order chi connectivity index (χ1) is 56.4. The van der Waals surface area contributed by atoms with Crippen molar-refractivity contribution in [2.45, 2.75) is 224 Å². The molecular weight excluding hydrogens is 1570 g/mol. The van der Waals surface area contributed by atoms with Crippen molar-refractivity contribution in [2.75, 3.05) is 44.9 Å². The van der Waals surface area contributed by atoms with E-state index in [9.17, 15) is 82.8 Å². The number of nitrogens with one attached hydrogen (secondary N) is 8. The van der Waals surface area contributed by atoms with Crippen LogP contribution in [0.15, 0.2) is 53.5 Å². The first-order valence-electron chi connectivity index (χ1n) is 39.5. The second kappa shape index (κ2) is 41.3. The number of aromatic amines is 3. The number of hydrogen-bond acceptors (Lipinski definition) is 28. The second-order valence-electron chi connectivity index (χ2n) is 29.9. The summed E-state index contributed by atoms with van der Waals surface area (Å²) in [5, 5.41) is 54.7. The summed E-state index contributed by atoms with van der Waals surface area (Å²) < 4.78 is 21.1. The lowest BCUT2D eigenvalue weighted by Crippen LogP contribution is -2.64. The average Bonchev–Trinajstić information content (AvgIpc) is 1.56. The van der Waals surface area contributed by atoms with Gasteiger partial charge in [0.2, 0.25) is 23.6 Å². The molecule has 1 saturated heterocycles. The first-order valence-corrected chi connectivity index (χ1v) is 41.9. The van der Waals surface area contributed by atoms with Gasteiger partial charge in [-0.3, -0.25) is 67.5 Å². The van der Waals surface area contributed by atoms with Crippen LogP contribution in [0.5, 0.6) is 0 Å². The summed E-state index contributed by atoms with van der Waals surface area (Å²) in [7, 11) is 3.58. The predicted octanol–water partition coefficient (Wildman–Crippen LogP) is 5.88. The molecule has 12 N–H and O–H groups in total. The number of aromatic nitrogens is 8. The number of hydrogen-bond donors (Lipinski definition) is 12. The van der Waals surface area contributed by atoms with E-state index in [-0.39, 0.29) is 140 Å². The molecule has 34 nitrogen and oxygen atoms in total. The number of aliphatic hydroxyl groups excluding tert-OH is 4. The fourth-order valence-corrected chi connectivity index (χ4v) is 17.4. The Morgan fingerprint density at radius 3 is 2.09 bits per heavy atom. The molecule has 7 unspecified atom stereocenters. The van der Waals surface area contributed by atoms with Crippen molar-refractivity contribution in [1.29, 1.82) is 0 Å². The van der Waals surface area contributed by atoms with E-state index in [1.54, 1.807) is 45.2 Å². The number of carbonyl (C=O) groups is 12. The lowest BCUT2D eigenvalue weighted by molar-refractivity contribution is -0.253. The van der Waals surface area contributed by atoms with Crippen LogP contribution in [0.3, 0.4) is 0 Å². The minimum absolute atomic E-state index is 0.0107. The van der Waals surface area contributed by atoms with E-state index in [1.165, 1.54) is 35.6 Å². The zero-order chi connectivity index (χ0) is 85.3. The van der Waals surface area contributed by atoms with Gasteiger partial charge in [-0.2, -0.15) is 0 Å². The molecule has 0 spiro atoms. The van der Waals surface area contributed by atoms with Gasteiger partial charge in [-0.15, -0.1) is 0 Å². The number of alkyl carbamates (subject to hydrolysis) is 1. The van der Waals surface area contributed by atoms with E-state index < -0.39 is 133 Å². The van der Waals surface area contributed by atoms with Crippen LogP contribution in [-0.2, 0) is 70.1 Å². The summed E-state index contributed by atoms with van der Waals surface area (Å²) in [5.74, 6) is -7.71. The molecule has 3 aliphatic heterocycles. The van der Waals surface area contributed by atoms with Crippen molar-refractivity contribution in [3.8, 4) is 0 Å². The van der Waals surface area contributed by atoms with Crippen molar-refractivity contribution in [1.82, 2.24) is 66.5 Å². The summed E-state index contributed by atoms with van der Waals surface area (Å²) in [6.45, 7) is 13.8. The third-order valence-corrected chi connectivity index (χ3v) is 24.2. The number of ether oxygens (including phenoxy) is 4. The van der Waals surface area contributed by atoms with Gasteiger partial charge in [-0.05, 0) is 114 Å². The predicted molar refractivity (Wildman–Crippen MR) is 434 cm³/mol. The Morgan fingerprint density at radius 2 is 1.39 bits per heavy atom. The standard InChI is InChI=1S/C82H101N13O21S2/c1-10-49-39(3)51-32-58-67(43(7)98)41(5)53(90-58)30-52-40(4)50(71(93-52)69-70(80(110)113-9)76(107)68-42(6)54(94-72(68)69)31-55(49)89-51)24-25-64(103)91-56(34-66(105)95-73-77(108)75(106)62(36-96)116-81(73)111)60(100)16-14-26-84-82(112)114-27-28-117-118-37-48(115-38-97)29-61(101)57(33-65(104)83-11-2)92-63(102)17-13-12-15-59(99)46-21-18-45(19-22-46)20-23-47-35-85-78-74(88-47)79(109)87-44(8)86-78/h18-19,21-22,30-32,35,38-40,48-50,56-57,62,70,73,75,77,81,90,94,96,106,108,111H,10-17,20,23-29,33-34,36-37H2,1-9H3,(H,83,104)(H,84,112)(H,91,103)(H,92,102)(H,95,105)(H,85,86,87,109)/t39-,40+,48+,49-,50+,56?,57+,62?,70?,73?,75?,77?,81?/m1/s1. The number of H-pyrrole nitrogens is 3. The number of fused-ring (bicyclic) bond motifs is 9. The van der Waals surface area contributed by atoms with Gasteiger partial charge in [-0.1, -0.05) is 66.6 Å². The van der Waals surface area contributed by atoms with Crippen LogP contribution in [0.25, 0.3) is 33.2 Å². The van der Waals surface area contributed by atoms with E-state index in [4.69, 9.17) is 28.9 Å². The molecule has 8 bridgehead atoms. The number of benzene rings is 1. The molecule has 5 amide bonds. The van der Waals surface area contributed by atoms with Crippen LogP contribution in [0, 0.1) is 20.8 Å². The number of Topliss-reactive ketones (excluding diaryl/α,β-unsaturated/α-hetero) is 5. The molecule has 4 aliphatic rings. The smallest absolute Gasteiger partial charge is 0.407 e. The van der Waals surface area contributed by atoms with Gasteiger partial charge in [0.05, 0.1) is 67.3 Å². The largest absolute Gasteiger partial charge is 0.468 e. The third-order valence-electron chi connectivity index (χ3n) is 21.8. The van der Waals surface area contributed by atoms with Gasteiger partial charge < -0.3 is 80.9 Å². The van der Waals surface area contributed by atoms with Gasteiger partial charge in [0.1, 0.15) is 48.8 Å². The Balaban J connectivity index is 0.721. The summed E-state index contributed by atoms with van der Waals surface area (Å²) in [6, 6.07) is 8.21. The van der Waals surface area contributed by atoms with Gasteiger partial charge in [0, 0.05) is 131 Å². The first kappa shape index (κ1) is 89.8. The van der Waals surface area contributed by atoms with E-state index >= 15 is 0 Å². The molecule has 1 fully saturated rings. The SMILES string of the molecule is CCNC(=O)C[C@H](NC(=O)CCCCC(=O)c1ccc(CCc2cnc3nc(C)[nH]c(=O)c3n2)cc1)C(=O)C[C@@H](CSSCCOC(=O)NCCCC(=O)C(CC(=O)NC1C(O)OC(CO)C(O)C1O)NC(=O)CC[C@@H]1c2nc(cc3[nH]c(cc4nc(cc5[nH]c6c(c5C)C(=O)C(C(=O)OC)c26)[C@H](CC)[C@H]4C)c(C(C)=O)c3C)[C@H]1C)OC=O. The second-order valence-corrected chi connectivity index (χ2v) is 32.5. The van der Waals surface area contributed by atoms with E-state index in [0.717, 1.165) is 23.4 Å². The van der Waals surface area contributed by atoms with Crippen LogP contribution in [0.4, 0.5) is 4.79 Å². The van der Waals surface area contributed by atoms with Gasteiger partial charge in [0.15, 0.2) is 46.4 Å². The number of unbranched alkanes of at least 4 members (excludes halogenated alkanes) is 1. The van der Waals surface area contributed by atoms with Crippen LogP contribution in [-0.4, -0.2) is 225 Å². The molecule has 1 aliphatic carbocycles. The van der Waals surface area contributed by atoms with Crippen LogP contribution >= 0.6 is 21.6 Å². The number of rotatable bonds is 40. The lowest BCUT2D eigenvalue weighted by atomic mass is 9.83. The van der Waals surface area contributed by atoms with Crippen molar-refractivity contribution in [2.24, 2.45) is 0 Å². The number of aliphatic hydroxyl groups is 4. The highest BCUT2D eigenvalue weighted by Crippen LogP contribution is 2.49. The van der Waals surface area contributed by atoms with E-state index in [1.807, 2.05) is 38.1 Å². The molecule has 10 rings (SSSR count). The quantitative estimate of drug-likeness (QED) is 0.00406. The summed E-state index contributed by atoms with van der Waals surface area (Å²) in [4.78, 5) is 207. The number of esters is 1. The normalized spacial score (nSPS) is 20.1. The number of methoxy groups -OCH3 is 1. The highest BCUT2D eigenvalue weighted by molar-refractivity contribution is 8.76. The van der Waals surface area contributed by atoms with Crippen molar-refractivity contribution in [3.05, 3.63) is 132 Å². The Kier molecular flexibility index (Phi) is 31.4. The molecule has 1 aromatic carbocycles. The minimum atomic E-state index is -1.92. The Hall–Kier alpha value is -10.5.